The first-order chi connectivity index (χ1) is 17.1. The van der Waals surface area contributed by atoms with Crippen molar-refractivity contribution in [3.05, 3.63) is 71.4 Å². The fraction of sp³-hybridized carbons (Fsp3) is 0.370. The summed E-state index contributed by atoms with van der Waals surface area (Å²) in [6, 6.07) is 15.5. The van der Waals surface area contributed by atoms with Crippen LogP contribution in [0.3, 0.4) is 0 Å². The Morgan fingerprint density at radius 2 is 1.80 bits per heavy atom. The summed E-state index contributed by atoms with van der Waals surface area (Å²) < 4.78 is 5.06. The molecule has 8 heteroatoms. The van der Waals surface area contributed by atoms with Gasteiger partial charge >= 0.3 is 6.09 Å². The number of nitrogens with zero attached hydrogens (tertiary/aromatic N) is 2. The number of fused-ring (bicyclic) bond motifs is 2. The van der Waals surface area contributed by atoms with E-state index in [4.69, 9.17) is 4.74 Å². The fourth-order valence-corrected chi connectivity index (χ4v) is 5.20. The van der Waals surface area contributed by atoms with Crippen LogP contribution in [0.15, 0.2) is 54.7 Å². The highest BCUT2D eigenvalue weighted by Crippen LogP contribution is 2.41. The molecule has 2 N–H and O–H groups in total. The van der Waals surface area contributed by atoms with Crippen LogP contribution >= 0.6 is 0 Å². The average molecular weight is 475 g/mol. The van der Waals surface area contributed by atoms with Gasteiger partial charge in [-0.05, 0) is 37.5 Å². The van der Waals surface area contributed by atoms with Crippen molar-refractivity contribution < 1.29 is 19.1 Å². The summed E-state index contributed by atoms with van der Waals surface area (Å²) in [5.41, 5.74) is 3.71. The molecule has 2 aliphatic rings. The van der Waals surface area contributed by atoms with Crippen LogP contribution in [0.25, 0.3) is 10.9 Å². The summed E-state index contributed by atoms with van der Waals surface area (Å²) in [5.74, 6) is -0.132. The first-order valence-corrected chi connectivity index (χ1v) is 12.2. The second-order valence-electron chi connectivity index (χ2n) is 9.06. The van der Waals surface area contributed by atoms with Gasteiger partial charge in [-0.15, -0.1) is 0 Å². The molecule has 0 saturated carbocycles. The van der Waals surface area contributed by atoms with E-state index < -0.39 is 0 Å². The normalized spacial score (nSPS) is 18.1. The molecule has 0 spiro atoms. The Balaban J connectivity index is 1.26. The van der Waals surface area contributed by atoms with Crippen molar-refractivity contribution in [1.29, 1.82) is 0 Å². The molecule has 182 valence electrons. The van der Waals surface area contributed by atoms with E-state index in [0.717, 1.165) is 22.0 Å². The number of para-hydroxylation sites is 1. The largest absolute Gasteiger partial charge is 0.450 e. The summed E-state index contributed by atoms with van der Waals surface area (Å²) in [5, 5.41) is 4.16. The van der Waals surface area contributed by atoms with Gasteiger partial charge in [0.2, 0.25) is 5.91 Å². The maximum absolute atomic E-state index is 13.3. The number of benzene rings is 2. The van der Waals surface area contributed by atoms with E-state index >= 15 is 0 Å². The molecule has 8 nitrogen and oxygen atoms in total. The number of aromatic amines is 1. The molecule has 3 aromatic rings. The number of aromatic nitrogens is 1. The van der Waals surface area contributed by atoms with E-state index in [-0.39, 0.29) is 36.4 Å². The lowest BCUT2D eigenvalue weighted by molar-refractivity contribution is -0.122. The highest BCUT2D eigenvalue weighted by molar-refractivity contribution is 6.01. The van der Waals surface area contributed by atoms with Gasteiger partial charge in [0.05, 0.1) is 12.6 Å². The maximum Gasteiger partial charge on any atom is 0.409 e. The van der Waals surface area contributed by atoms with Crippen LogP contribution in [-0.4, -0.2) is 65.0 Å². The Kier molecular flexibility index (Phi) is 6.44. The van der Waals surface area contributed by atoms with Gasteiger partial charge in [-0.1, -0.05) is 36.4 Å². The van der Waals surface area contributed by atoms with Crippen LogP contribution in [-0.2, 0) is 9.53 Å². The van der Waals surface area contributed by atoms with Gasteiger partial charge in [0, 0.05) is 60.3 Å². The van der Waals surface area contributed by atoms with Gasteiger partial charge in [0.15, 0.2) is 0 Å². The van der Waals surface area contributed by atoms with Crippen molar-refractivity contribution >= 4 is 28.8 Å². The van der Waals surface area contributed by atoms with E-state index in [1.54, 1.807) is 11.8 Å². The van der Waals surface area contributed by atoms with Crippen LogP contribution in [0.4, 0.5) is 4.79 Å². The number of hydrogen-bond acceptors (Lipinski definition) is 4. The molecule has 2 aromatic carbocycles. The van der Waals surface area contributed by atoms with Crippen LogP contribution in [0.2, 0.25) is 0 Å². The molecule has 3 amide bonds. The van der Waals surface area contributed by atoms with Crippen LogP contribution in [0.5, 0.6) is 0 Å². The second-order valence-corrected chi connectivity index (χ2v) is 9.06. The van der Waals surface area contributed by atoms with Gasteiger partial charge in [0.25, 0.3) is 5.91 Å². The Bertz CT molecular complexity index is 1240. The van der Waals surface area contributed by atoms with Gasteiger partial charge in [0.1, 0.15) is 0 Å². The lowest BCUT2D eigenvalue weighted by Gasteiger charge is -2.32. The molecule has 0 radical (unpaired) electrons. The van der Waals surface area contributed by atoms with Gasteiger partial charge in [-0.25, -0.2) is 4.79 Å². The minimum atomic E-state index is -0.298. The third-order valence-electron chi connectivity index (χ3n) is 6.94. The number of carbonyl (C=O) groups excluding carboxylic acids is 3. The van der Waals surface area contributed by atoms with Crippen molar-refractivity contribution in [2.24, 2.45) is 0 Å². The number of likely N-dealkylation sites (tertiary alicyclic amines) is 1. The third-order valence-corrected chi connectivity index (χ3v) is 6.94. The van der Waals surface area contributed by atoms with Crippen molar-refractivity contribution in [2.45, 2.75) is 38.3 Å². The average Bonchev–Trinajstić information content (AvgIpc) is 3.42. The monoisotopic (exact) mass is 474 g/mol. The zero-order valence-corrected chi connectivity index (χ0v) is 19.8. The Hall–Kier alpha value is -3.81. The van der Waals surface area contributed by atoms with Gasteiger partial charge in [-0.2, -0.15) is 0 Å². The molecule has 1 saturated heterocycles. The van der Waals surface area contributed by atoms with E-state index in [1.807, 2.05) is 53.6 Å². The Labute approximate surface area is 204 Å². The maximum atomic E-state index is 13.3. The van der Waals surface area contributed by atoms with Gasteiger partial charge in [-0.3, -0.25) is 9.59 Å². The summed E-state index contributed by atoms with van der Waals surface area (Å²) in [7, 11) is 0. The topological polar surface area (TPSA) is 94.7 Å². The summed E-state index contributed by atoms with van der Waals surface area (Å²) in [6.45, 7) is 3.59. The number of piperidine rings is 1. The molecule has 3 heterocycles. The molecule has 2 aliphatic heterocycles. The van der Waals surface area contributed by atoms with Gasteiger partial charge < -0.3 is 24.8 Å². The molecular weight excluding hydrogens is 444 g/mol. The molecule has 1 aromatic heterocycles. The van der Waals surface area contributed by atoms with Crippen molar-refractivity contribution in [3.63, 3.8) is 0 Å². The molecule has 1 atom stereocenters. The first-order valence-electron chi connectivity index (χ1n) is 12.2. The smallest absolute Gasteiger partial charge is 0.409 e. The third kappa shape index (κ3) is 4.48. The number of nitrogens with one attached hydrogen (secondary N) is 2. The molecular formula is C27H30N4O4. The number of hydrogen-bond donors (Lipinski definition) is 2. The summed E-state index contributed by atoms with van der Waals surface area (Å²) >= 11 is 0. The van der Waals surface area contributed by atoms with Crippen molar-refractivity contribution in [2.75, 3.05) is 26.2 Å². The van der Waals surface area contributed by atoms with E-state index in [9.17, 15) is 14.4 Å². The van der Waals surface area contributed by atoms with Crippen molar-refractivity contribution in [3.8, 4) is 0 Å². The Morgan fingerprint density at radius 3 is 2.60 bits per heavy atom. The minimum absolute atomic E-state index is 0.0177. The highest BCUT2D eigenvalue weighted by atomic mass is 16.6. The van der Waals surface area contributed by atoms with Crippen molar-refractivity contribution in [1.82, 2.24) is 20.1 Å². The number of carbonyl (C=O) groups is 3. The second kappa shape index (κ2) is 9.82. The van der Waals surface area contributed by atoms with E-state index in [1.165, 1.54) is 0 Å². The number of amides is 3. The van der Waals surface area contributed by atoms with E-state index in [0.29, 0.717) is 44.6 Å². The fourth-order valence-electron chi connectivity index (χ4n) is 5.20. The SMILES string of the molecule is CCOC(=O)N1CCC(NC(=O)CCN2C(=O)c3ccccc3C2c2c[nH]c3ccccc23)CC1. The lowest BCUT2D eigenvalue weighted by atomic mass is 9.97. The predicted molar refractivity (Wildman–Crippen MR) is 132 cm³/mol. The molecule has 5 rings (SSSR count). The number of rotatable bonds is 6. The number of ether oxygens (including phenoxy) is 1. The van der Waals surface area contributed by atoms with Crippen LogP contribution in [0.1, 0.15) is 53.7 Å². The predicted octanol–water partition coefficient (Wildman–Crippen LogP) is 3.84. The zero-order valence-electron chi connectivity index (χ0n) is 19.8. The first kappa shape index (κ1) is 23.0. The Morgan fingerprint density at radius 1 is 1.06 bits per heavy atom. The molecule has 35 heavy (non-hydrogen) atoms. The van der Waals surface area contributed by atoms with Crippen LogP contribution in [0, 0.1) is 0 Å². The summed E-state index contributed by atoms with van der Waals surface area (Å²) in [4.78, 5) is 44.8. The van der Waals surface area contributed by atoms with E-state index in [2.05, 4.69) is 16.4 Å². The lowest BCUT2D eigenvalue weighted by Crippen LogP contribution is -2.47. The summed E-state index contributed by atoms with van der Waals surface area (Å²) in [6.07, 6.45) is 3.27. The molecule has 0 bridgehead atoms. The standard InChI is InChI=1S/C27H30N4O4/c1-2-35-27(34)30-14-11-18(12-15-30)29-24(32)13-16-31-25(20-8-3-4-9-21(20)26(31)33)22-17-28-23-10-6-5-7-19(22)23/h3-10,17-18,25,28H,2,11-16H2,1H3,(H,29,32). The zero-order chi connectivity index (χ0) is 24.4. The number of H-pyrrole nitrogens is 1. The minimum Gasteiger partial charge on any atom is -0.450 e. The molecule has 1 unspecified atom stereocenters. The molecule has 1 fully saturated rings. The molecule has 0 aliphatic carbocycles. The quantitative estimate of drug-likeness (QED) is 0.568. The van der Waals surface area contributed by atoms with Crippen LogP contribution < -0.4 is 5.32 Å². The highest BCUT2D eigenvalue weighted by Gasteiger charge is 2.38.